The molecular formula is C22H20F2N2O2. The Kier molecular flexibility index (Phi) is 4.63. The highest BCUT2D eigenvalue weighted by atomic mass is 19.2. The van der Waals surface area contributed by atoms with E-state index in [0.717, 1.165) is 35.0 Å². The van der Waals surface area contributed by atoms with E-state index in [1.54, 1.807) is 6.07 Å². The summed E-state index contributed by atoms with van der Waals surface area (Å²) in [5.74, 6) is -1.79. The first-order valence-corrected chi connectivity index (χ1v) is 9.07. The lowest BCUT2D eigenvalue weighted by atomic mass is 9.97. The van der Waals surface area contributed by atoms with E-state index in [4.69, 9.17) is 4.74 Å². The largest absolute Gasteiger partial charge is 0.445 e. The van der Waals surface area contributed by atoms with Crippen LogP contribution in [0, 0.1) is 18.6 Å². The maximum absolute atomic E-state index is 14.0. The molecule has 0 unspecified atom stereocenters. The summed E-state index contributed by atoms with van der Waals surface area (Å²) in [4.78, 5) is 11.6. The van der Waals surface area contributed by atoms with Gasteiger partial charge in [0, 0.05) is 36.8 Å². The van der Waals surface area contributed by atoms with Crippen molar-refractivity contribution in [2.24, 2.45) is 0 Å². The second kappa shape index (κ2) is 7.11. The summed E-state index contributed by atoms with van der Waals surface area (Å²) < 4.78 is 34.9. The molecule has 4 rings (SSSR count). The molecule has 1 aliphatic heterocycles. The van der Waals surface area contributed by atoms with Crippen molar-refractivity contribution >= 4 is 6.09 Å². The Morgan fingerprint density at radius 2 is 1.89 bits per heavy atom. The minimum absolute atomic E-state index is 0.0518. The zero-order valence-electron chi connectivity index (χ0n) is 15.7. The van der Waals surface area contributed by atoms with Gasteiger partial charge in [-0.05, 0) is 41.8 Å². The van der Waals surface area contributed by atoms with Gasteiger partial charge in [-0.15, -0.1) is 0 Å². The summed E-state index contributed by atoms with van der Waals surface area (Å²) in [5, 5.41) is 2.43. The van der Waals surface area contributed by atoms with Crippen molar-refractivity contribution in [3.8, 4) is 11.3 Å². The second-order valence-electron chi connectivity index (χ2n) is 6.89. The molecule has 2 aromatic carbocycles. The molecule has 28 heavy (non-hydrogen) atoms. The van der Waals surface area contributed by atoms with Crippen LogP contribution in [0.3, 0.4) is 0 Å². The average molecular weight is 382 g/mol. The minimum atomic E-state index is -0.903. The number of hydrogen-bond acceptors (Lipinski definition) is 2. The molecule has 1 N–H and O–H groups in total. The number of alkyl carbamates (subject to hydrolysis) is 1. The topological polar surface area (TPSA) is 43.3 Å². The third-order valence-corrected chi connectivity index (χ3v) is 5.32. The Balaban J connectivity index is 1.87. The van der Waals surface area contributed by atoms with Crippen LogP contribution >= 0.6 is 0 Å². The van der Waals surface area contributed by atoms with E-state index < -0.39 is 17.7 Å². The molecule has 2 heterocycles. The Labute approximate surface area is 161 Å². The first-order chi connectivity index (χ1) is 13.5. The molecule has 0 saturated carbocycles. The Morgan fingerprint density at radius 3 is 2.61 bits per heavy atom. The molecule has 1 amide bonds. The Bertz CT molecular complexity index is 1070. The van der Waals surface area contributed by atoms with Crippen LogP contribution in [0.4, 0.5) is 13.6 Å². The molecule has 0 aliphatic carbocycles. The predicted molar refractivity (Wildman–Crippen MR) is 102 cm³/mol. The van der Waals surface area contributed by atoms with E-state index in [9.17, 15) is 13.6 Å². The fourth-order valence-corrected chi connectivity index (χ4v) is 3.85. The van der Waals surface area contributed by atoms with Crippen LogP contribution in [0.15, 0.2) is 42.5 Å². The SMILES string of the molecule is CNC(=O)OCc1c(C)c2n(c1-c1ccc(F)c(F)c1)Cc1ccccc1C2. The van der Waals surface area contributed by atoms with E-state index in [-0.39, 0.29) is 6.61 Å². The molecule has 0 fully saturated rings. The minimum Gasteiger partial charge on any atom is -0.445 e. The van der Waals surface area contributed by atoms with E-state index in [1.807, 2.05) is 19.1 Å². The molecule has 4 nitrogen and oxygen atoms in total. The molecule has 144 valence electrons. The summed E-state index contributed by atoms with van der Waals surface area (Å²) in [7, 11) is 1.49. The highest BCUT2D eigenvalue weighted by Crippen LogP contribution is 2.37. The van der Waals surface area contributed by atoms with Gasteiger partial charge in [0.05, 0.1) is 5.69 Å². The van der Waals surface area contributed by atoms with Gasteiger partial charge in [0.2, 0.25) is 0 Å². The number of rotatable bonds is 3. The fourth-order valence-electron chi connectivity index (χ4n) is 3.85. The van der Waals surface area contributed by atoms with Gasteiger partial charge in [-0.1, -0.05) is 24.3 Å². The molecule has 1 aromatic heterocycles. The van der Waals surface area contributed by atoms with E-state index in [2.05, 4.69) is 22.0 Å². The number of aromatic nitrogens is 1. The number of nitrogens with zero attached hydrogens (tertiary/aromatic N) is 1. The third-order valence-electron chi connectivity index (χ3n) is 5.32. The number of amides is 1. The maximum Gasteiger partial charge on any atom is 0.407 e. The summed E-state index contributed by atoms with van der Waals surface area (Å²) in [6.07, 6.45) is 0.196. The van der Waals surface area contributed by atoms with Gasteiger partial charge in [0.1, 0.15) is 6.61 Å². The van der Waals surface area contributed by atoms with Crippen LogP contribution in [0.25, 0.3) is 11.3 Å². The summed E-state index contributed by atoms with van der Waals surface area (Å²) >= 11 is 0. The molecule has 0 saturated heterocycles. The highest BCUT2D eigenvalue weighted by Gasteiger charge is 2.26. The van der Waals surface area contributed by atoms with Crippen molar-refractivity contribution in [3.63, 3.8) is 0 Å². The van der Waals surface area contributed by atoms with Crippen LogP contribution < -0.4 is 5.32 Å². The van der Waals surface area contributed by atoms with Gasteiger partial charge in [-0.3, -0.25) is 0 Å². The van der Waals surface area contributed by atoms with Gasteiger partial charge >= 0.3 is 6.09 Å². The number of hydrogen-bond donors (Lipinski definition) is 1. The van der Waals surface area contributed by atoms with Crippen molar-refractivity contribution in [2.45, 2.75) is 26.5 Å². The number of carbonyl (C=O) groups excluding carboxylic acids is 1. The van der Waals surface area contributed by atoms with Crippen LogP contribution in [0.1, 0.15) is 27.9 Å². The summed E-state index contributed by atoms with van der Waals surface area (Å²) in [6, 6.07) is 12.1. The quantitative estimate of drug-likeness (QED) is 0.565. The van der Waals surface area contributed by atoms with Crippen LogP contribution in [0.2, 0.25) is 0 Å². The normalized spacial score (nSPS) is 12.3. The number of ether oxygens (including phenoxy) is 1. The summed E-state index contributed by atoms with van der Waals surface area (Å²) in [5.41, 5.74) is 6.64. The highest BCUT2D eigenvalue weighted by molar-refractivity contribution is 5.70. The lowest BCUT2D eigenvalue weighted by Crippen LogP contribution is -2.19. The van der Waals surface area contributed by atoms with Gasteiger partial charge in [0.25, 0.3) is 0 Å². The smallest absolute Gasteiger partial charge is 0.407 e. The van der Waals surface area contributed by atoms with Gasteiger partial charge in [-0.2, -0.15) is 0 Å². The Hall–Kier alpha value is -3.15. The molecule has 0 bridgehead atoms. The number of benzene rings is 2. The van der Waals surface area contributed by atoms with Crippen molar-refractivity contribution in [3.05, 3.63) is 82.0 Å². The number of fused-ring (bicyclic) bond motifs is 2. The average Bonchev–Trinajstić information content (AvgIpc) is 2.97. The molecule has 0 spiro atoms. The van der Waals surface area contributed by atoms with Crippen molar-refractivity contribution in [2.75, 3.05) is 7.05 Å². The van der Waals surface area contributed by atoms with E-state index in [0.29, 0.717) is 12.1 Å². The monoisotopic (exact) mass is 382 g/mol. The molecule has 6 heteroatoms. The molecule has 3 aromatic rings. The number of halogens is 2. The second-order valence-corrected chi connectivity index (χ2v) is 6.89. The van der Waals surface area contributed by atoms with Crippen molar-refractivity contribution in [1.82, 2.24) is 9.88 Å². The van der Waals surface area contributed by atoms with Crippen LogP contribution in [-0.4, -0.2) is 17.7 Å². The number of nitrogens with one attached hydrogen (secondary N) is 1. The first kappa shape index (κ1) is 18.2. The molecular weight excluding hydrogens is 362 g/mol. The zero-order chi connectivity index (χ0) is 19.8. The van der Waals surface area contributed by atoms with Crippen molar-refractivity contribution in [1.29, 1.82) is 0 Å². The van der Waals surface area contributed by atoms with E-state index in [1.165, 1.54) is 24.2 Å². The van der Waals surface area contributed by atoms with Crippen LogP contribution in [0.5, 0.6) is 0 Å². The third kappa shape index (κ3) is 3.05. The standard InChI is InChI=1S/C22H20F2N2O2/c1-13-17(12-28-22(27)25-2)21(15-7-8-18(23)19(24)9-15)26-11-16-6-4-3-5-14(16)10-20(13)26/h3-9H,10-12H2,1-2H3,(H,25,27). The van der Waals surface area contributed by atoms with Crippen molar-refractivity contribution < 1.29 is 18.3 Å². The first-order valence-electron chi connectivity index (χ1n) is 9.07. The lowest BCUT2D eigenvalue weighted by molar-refractivity contribution is 0.142. The van der Waals surface area contributed by atoms with E-state index >= 15 is 0 Å². The van der Waals surface area contributed by atoms with Gasteiger partial charge < -0.3 is 14.6 Å². The fraction of sp³-hybridized carbons (Fsp3) is 0.227. The Morgan fingerprint density at radius 1 is 1.14 bits per heavy atom. The predicted octanol–water partition coefficient (Wildman–Crippen LogP) is 4.55. The molecule has 0 radical (unpaired) electrons. The van der Waals surface area contributed by atoms with Gasteiger partial charge in [-0.25, -0.2) is 13.6 Å². The lowest BCUT2D eigenvalue weighted by Gasteiger charge is -2.22. The van der Waals surface area contributed by atoms with Crippen LogP contribution in [-0.2, 0) is 24.3 Å². The zero-order valence-corrected chi connectivity index (χ0v) is 15.7. The molecule has 0 atom stereocenters. The maximum atomic E-state index is 14.0. The van der Waals surface area contributed by atoms with Gasteiger partial charge in [0.15, 0.2) is 11.6 Å². The number of carbonyl (C=O) groups is 1. The summed E-state index contributed by atoms with van der Waals surface area (Å²) in [6.45, 7) is 2.66. The molecule has 1 aliphatic rings.